The van der Waals surface area contributed by atoms with E-state index in [1.54, 1.807) is 11.2 Å². The second-order valence-corrected chi connectivity index (χ2v) is 13.2. The molecule has 202 valence electrons. The molecule has 3 aliphatic rings. The molecule has 1 atom stereocenters. The van der Waals surface area contributed by atoms with Crippen LogP contribution in [-0.2, 0) is 22.9 Å². The number of pyridine rings is 2. The normalized spacial score (nSPS) is 21.1. The minimum Gasteiger partial charge on any atom is -0.369 e. The number of benzene rings is 1. The van der Waals surface area contributed by atoms with E-state index in [9.17, 15) is 8.42 Å². The molecule has 2 aromatic heterocycles. The van der Waals surface area contributed by atoms with Crippen molar-refractivity contribution < 1.29 is 8.42 Å². The second-order valence-electron chi connectivity index (χ2n) is 11.0. The number of hydrogen-bond acceptors (Lipinski definition) is 7. The van der Waals surface area contributed by atoms with Crippen molar-refractivity contribution in [1.29, 1.82) is 0 Å². The van der Waals surface area contributed by atoms with Gasteiger partial charge in [0.1, 0.15) is 5.82 Å². The summed E-state index contributed by atoms with van der Waals surface area (Å²) >= 11 is 0. The number of aryl methyl sites for hydroxylation is 1. The maximum absolute atomic E-state index is 12.2. The van der Waals surface area contributed by atoms with Crippen LogP contribution in [0.3, 0.4) is 0 Å². The largest absolute Gasteiger partial charge is 0.369 e. The molecule has 6 rings (SSSR count). The van der Waals surface area contributed by atoms with E-state index in [4.69, 9.17) is 10.7 Å². The Kier molecular flexibility index (Phi) is 7.01. The highest BCUT2D eigenvalue weighted by Gasteiger charge is 2.28. The number of fused-ring (bicyclic) bond motifs is 2. The van der Waals surface area contributed by atoms with Crippen molar-refractivity contribution in [3.63, 3.8) is 0 Å². The van der Waals surface area contributed by atoms with Crippen LogP contribution in [0.1, 0.15) is 50.3 Å². The fourth-order valence-electron chi connectivity index (χ4n) is 6.29. The molecule has 8 nitrogen and oxygen atoms in total. The summed E-state index contributed by atoms with van der Waals surface area (Å²) in [5, 5.41) is 4.77. The minimum absolute atomic E-state index is 0.158. The number of nitrogens with one attached hydrogen (secondary N) is 1. The monoisotopic (exact) mass is 534 g/mol. The zero-order valence-corrected chi connectivity index (χ0v) is 23.0. The molecule has 0 amide bonds. The third-order valence-corrected chi connectivity index (χ3v) is 10.3. The van der Waals surface area contributed by atoms with Crippen LogP contribution < -0.4 is 16.0 Å². The molecule has 1 aliphatic carbocycles. The van der Waals surface area contributed by atoms with Gasteiger partial charge in [-0.3, -0.25) is 4.98 Å². The number of nitrogens with two attached hydrogens (primary N) is 1. The van der Waals surface area contributed by atoms with E-state index in [0.29, 0.717) is 13.1 Å². The molecule has 3 aromatic rings. The minimum atomic E-state index is -3.12. The highest BCUT2D eigenvalue weighted by molar-refractivity contribution is 7.89. The maximum atomic E-state index is 12.2. The number of rotatable bonds is 6. The van der Waals surface area contributed by atoms with E-state index in [1.165, 1.54) is 35.2 Å². The first-order chi connectivity index (χ1) is 18.4. The molecule has 0 saturated carbocycles. The van der Waals surface area contributed by atoms with Gasteiger partial charge in [0.05, 0.1) is 17.0 Å². The predicted octanol–water partition coefficient (Wildman–Crippen LogP) is 3.94. The van der Waals surface area contributed by atoms with E-state index < -0.39 is 10.0 Å². The number of sulfonamides is 1. The first kappa shape index (κ1) is 25.5. The topological polar surface area (TPSA) is 104 Å². The molecule has 9 heteroatoms. The Hall–Kier alpha value is -2.75. The van der Waals surface area contributed by atoms with Gasteiger partial charge in [-0.25, -0.2) is 17.7 Å². The molecule has 1 aromatic carbocycles. The Morgan fingerprint density at radius 2 is 1.82 bits per heavy atom. The molecule has 2 aliphatic heterocycles. The molecule has 0 spiro atoms. The van der Waals surface area contributed by atoms with Crippen LogP contribution in [0.2, 0.25) is 0 Å². The smallest absolute Gasteiger partial charge is 0.213 e. The number of nitrogens with zero attached hydrogens (tertiary/aromatic N) is 4. The van der Waals surface area contributed by atoms with E-state index >= 15 is 0 Å². The van der Waals surface area contributed by atoms with E-state index in [2.05, 4.69) is 45.5 Å². The molecule has 0 bridgehead atoms. The Morgan fingerprint density at radius 1 is 1.03 bits per heavy atom. The Labute approximate surface area is 225 Å². The lowest BCUT2D eigenvalue weighted by Crippen LogP contribution is -2.43. The second kappa shape index (κ2) is 10.4. The van der Waals surface area contributed by atoms with Gasteiger partial charge in [-0.05, 0) is 92.8 Å². The van der Waals surface area contributed by atoms with Crippen LogP contribution in [-0.4, -0.2) is 66.7 Å². The van der Waals surface area contributed by atoms with Crippen molar-refractivity contribution in [3.05, 3.63) is 47.8 Å². The highest BCUT2D eigenvalue weighted by Crippen LogP contribution is 2.39. The quantitative estimate of drug-likeness (QED) is 0.494. The van der Waals surface area contributed by atoms with Crippen LogP contribution in [0.4, 0.5) is 11.5 Å². The number of aromatic nitrogens is 2. The molecule has 3 N–H and O–H groups in total. The third kappa shape index (κ3) is 4.99. The van der Waals surface area contributed by atoms with Gasteiger partial charge in [0.2, 0.25) is 10.0 Å². The van der Waals surface area contributed by atoms with Crippen LogP contribution in [0.25, 0.3) is 22.0 Å². The van der Waals surface area contributed by atoms with Gasteiger partial charge in [0, 0.05) is 55.5 Å². The first-order valence-corrected chi connectivity index (χ1v) is 15.7. The Bertz CT molecular complexity index is 1430. The van der Waals surface area contributed by atoms with Crippen molar-refractivity contribution in [1.82, 2.24) is 14.3 Å². The average molecular weight is 535 g/mol. The summed E-state index contributed by atoms with van der Waals surface area (Å²) in [6, 6.07) is 11.2. The Balaban J connectivity index is 1.28. The highest BCUT2D eigenvalue weighted by atomic mass is 32.2. The van der Waals surface area contributed by atoms with Gasteiger partial charge >= 0.3 is 0 Å². The standard InChI is InChI=1S/C29H38N6O2S/c1-2-38(36,37)35-15-11-23(12-16-35)32-28-18-21(9-13-31-28)20-7-8-27-25(17-20)29(34-14-10-22(30)19-34)24-5-3-4-6-26(24)33-27/h7-9,13,17-18,22-23H,2-6,10-12,14-16,19,30H2,1H3,(H,31,32). The first-order valence-electron chi connectivity index (χ1n) is 14.1. The zero-order valence-electron chi connectivity index (χ0n) is 22.2. The number of piperidine rings is 1. The van der Waals surface area contributed by atoms with Crippen LogP contribution in [0, 0.1) is 0 Å². The van der Waals surface area contributed by atoms with Crippen LogP contribution in [0.15, 0.2) is 36.5 Å². The fraction of sp³-hybridized carbons (Fsp3) is 0.517. The third-order valence-electron chi connectivity index (χ3n) is 8.43. The van der Waals surface area contributed by atoms with Crippen molar-refractivity contribution in [2.45, 2.75) is 64.0 Å². The van der Waals surface area contributed by atoms with Crippen molar-refractivity contribution in [2.75, 3.05) is 42.1 Å². The van der Waals surface area contributed by atoms with E-state index in [1.807, 2.05) is 6.20 Å². The molecule has 4 heterocycles. The molecule has 2 fully saturated rings. The number of anilines is 2. The van der Waals surface area contributed by atoms with Crippen molar-refractivity contribution in [3.8, 4) is 11.1 Å². The van der Waals surface area contributed by atoms with Gasteiger partial charge in [0.15, 0.2) is 0 Å². The molecule has 0 radical (unpaired) electrons. The van der Waals surface area contributed by atoms with E-state index in [0.717, 1.165) is 67.7 Å². The van der Waals surface area contributed by atoms with Gasteiger partial charge in [0.25, 0.3) is 0 Å². The Morgan fingerprint density at radius 3 is 2.58 bits per heavy atom. The van der Waals surface area contributed by atoms with Gasteiger partial charge < -0.3 is 16.0 Å². The lowest BCUT2D eigenvalue weighted by molar-refractivity contribution is 0.330. The van der Waals surface area contributed by atoms with Crippen molar-refractivity contribution in [2.24, 2.45) is 5.73 Å². The summed E-state index contributed by atoms with van der Waals surface area (Å²) in [4.78, 5) is 12.2. The maximum Gasteiger partial charge on any atom is 0.213 e. The predicted molar refractivity (Wildman–Crippen MR) is 154 cm³/mol. The summed E-state index contributed by atoms with van der Waals surface area (Å²) in [6.07, 6.45) is 9.01. The van der Waals surface area contributed by atoms with Gasteiger partial charge in [-0.15, -0.1) is 0 Å². The zero-order chi connectivity index (χ0) is 26.3. The van der Waals surface area contributed by atoms with Gasteiger partial charge in [-0.2, -0.15) is 0 Å². The molecule has 38 heavy (non-hydrogen) atoms. The van der Waals surface area contributed by atoms with Crippen LogP contribution >= 0.6 is 0 Å². The van der Waals surface area contributed by atoms with Gasteiger partial charge in [-0.1, -0.05) is 6.07 Å². The summed E-state index contributed by atoms with van der Waals surface area (Å²) in [5.74, 6) is 0.985. The fourth-order valence-corrected chi connectivity index (χ4v) is 7.42. The molecular formula is C29H38N6O2S. The molecule has 2 saturated heterocycles. The average Bonchev–Trinajstić information content (AvgIpc) is 3.37. The summed E-state index contributed by atoms with van der Waals surface area (Å²) in [7, 11) is -3.12. The number of hydrogen-bond donors (Lipinski definition) is 2. The van der Waals surface area contributed by atoms with Crippen molar-refractivity contribution >= 4 is 32.4 Å². The summed E-state index contributed by atoms with van der Waals surface area (Å²) < 4.78 is 26.0. The lowest BCUT2D eigenvalue weighted by Gasteiger charge is -2.31. The molecular weight excluding hydrogens is 496 g/mol. The lowest BCUT2D eigenvalue weighted by atomic mass is 9.91. The summed E-state index contributed by atoms with van der Waals surface area (Å²) in [5.41, 5.74) is 13.7. The molecule has 1 unspecified atom stereocenters. The van der Waals surface area contributed by atoms with Crippen LogP contribution in [0.5, 0.6) is 0 Å². The van der Waals surface area contributed by atoms with E-state index in [-0.39, 0.29) is 17.8 Å². The SMILES string of the molecule is CCS(=O)(=O)N1CCC(Nc2cc(-c3ccc4nc5c(c(N6CCC(N)C6)c4c3)CCCC5)ccn2)CC1. The summed E-state index contributed by atoms with van der Waals surface area (Å²) in [6.45, 7) is 4.71.